The van der Waals surface area contributed by atoms with E-state index < -0.39 is 0 Å². The molecule has 0 saturated carbocycles. The topological polar surface area (TPSA) is 52.3 Å². The Hall–Kier alpha value is -0.570. The van der Waals surface area contributed by atoms with Gasteiger partial charge in [-0.05, 0) is 19.4 Å². The highest BCUT2D eigenvalue weighted by molar-refractivity contribution is 5.69. The van der Waals surface area contributed by atoms with E-state index in [1.807, 2.05) is 0 Å². The van der Waals surface area contributed by atoms with Crippen molar-refractivity contribution in [1.29, 1.82) is 0 Å². The first kappa shape index (κ1) is 11.4. The summed E-state index contributed by atoms with van der Waals surface area (Å²) in [5, 5.41) is 0. The number of rotatable bonds is 7. The zero-order valence-corrected chi connectivity index (χ0v) is 7.84. The van der Waals surface area contributed by atoms with Crippen molar-refractivity contribution in [1.82, 2.24) is 0 Å². The van der Waals surface area contributed by atoms with E-state index >= 15 is 0 Å². The van der Waals surface area contributed by atoms with Crippen LogP contribution in [-0.2, 0) is 9.53 Å². The molecule has 0 saturated heterocycles. The van der Waals surface area contributed by atoms with Crippen LogP contribution in [0.15, 0.2) is 0 Å². The first-order valence-corrected chi connectivity index (χ1v) is 4.67. The maximum atomic E-state index is 10.9. The van der Waals surface area contributed by atoms with Crippen LogP contribution >= 0.6 is 0 Å². The summed E-state index contributed by atoms with van der Waals surface area (Å²) >= 11 is 0. The van der Waals surface area contributed by atoms with Crippen LogP contribution in [0.25, 0.3) is 0 Å². The van der Waals surface area contributed by atoms with Gasteiger partial charge in [-0.15, -0.1) is 0 Å². The fourth-order valence-corrected chi connectivity index (χ4v) is 0.857. The van der Waals surface area contributed by atoms with Gasteiger partial charge in [-0.1, -0.05) is 19.8 Å². The zero-order chi connectivity index (χ0) is 9.23. The van der Waals surface area contributed by atoms with Gasteiger partial charge in [-0.3, -0.25) is 4.79 Å². The predicted molar refractivity (Wildman–Crippen MR) is 48.8 cm³/mol. The SMILES string of the molecule is CCCCCOC(=O)CCCN. The second-order valence-corrected chi connectivity index (χ2v) is 2.82. The quantitative estimate of drug-likeness (QED) is 0.468. The van der Waals surface area contributed by atoms with Crippen LogP contribution in [0, 0.1) is 0 Å². The van der Waals surface area contributed by atoms with Crippen molar-refractivity contribution in [2.45, 2.75) is 39.0 Å². The Kier molecular flexibility index (Phi) is 8.12. The molecule has 0 heterocycles. The molecular formula is C9H19NO2. The van der Waals surface area contributed by atoms with Gasteiger partial charge in [0, 0.05) is 6.42 Å². The molecule has 0 aliphatic rings. The summed E-state index contributed by atoms with van der Waals surface area (Å²) in [5.41, 5.74) is 5.25. The summed E-state index contributed by atoms with van der Waals surface area (Å²) < 4.78 is 4.95. The average molecular weight is 173 g/mol. The minimum absolute atomic E-state index is 0.114. The van der Waals surface area contributed by atoms with Gasteiger partial charge in [0.05, 0.1) is 6.61 Å². The van der Waals surface area contributed by atoms with Gasteiger partial charge in [0.2, 0.25) is 0 Å². The minimum atomic E-state index is -0.114. The highest BCUT2D eigenvalue weighted by Crippen LogP contribution is 1.96. The van der Waals surface area contributed by atoms with Crippen LogP contribution < -0.4 is 5.73 Å². The van der Waals surface area contributed by atoms with Gasteiger partial charge in [-0.25, -0.2) is 0 Å². The first-order chi connectivity index (χ1) is 5.81. The third kappa shape index (κ3) is 7.54. The van der Waals surface area contributed by atoms with E-state index in [1.165, 1.54) is 0 Å². The van der Waals surface area contributed by atoms with Crippen molar-refractivity contribution < 1.29 is 9.53 Å². The smallest absolute Gasteiger partial charge is 0.305 e. The van der Waals surface area contributed by atoms with Gasteiger partial charge >= 0.3 is 5.97 Å². The summed E-state index contributed by atoms with van der Waals surface area (Å²) in [6.07, 6.45) is 4.45. The van der Waals surface area contributed by atoms with E-state index in [-0.39, 0.29) is 5.97 Å². The van der Waals surface area contributed by atoms with Crippen LogP contribution in [0.4, 0.5) is 0 Å². The molecule has 0 rings (SSSR count). The molecular weight excluding hydrogens is 154 g/mol. The van der Waals surface area contributed by atoms with Crippen molar-refractivity contribution in [3.05, 3.63) is 0 Å². The van der Waals surface area contributed by atoms with E-state index in [1.54, 1.807) is 0 Å². The van der Waals surface area contributed by atoms with Crippen LogP contribution in [-0.4, -0.2) is 19.1 Å². The van der Waals surface area contributed by atoms with Crippen molar-refractivity contribution in [2.24, 2.45) is 5.73 Å². The Bertz CT molecular complexity index is 115. The summed E-state index contributed by atoms with van der Waals surface area (Å²) in [5.74, 6) is -0.114. The van der Waals surface area contributed by atoms with Crippen LogP contribution in [0.3, 0.4) is 0 Å². The third-order valence-corrected chi connectivity index (χ3v) is 1.60. The maximum Gasteiger partial charge on any atom is 0.305 e. The average Bonchev–Trinajstić information content (AvgIpc) is 2.09. The highest BCUT2D eigenvalue weighted by atomic mass is 16.5. The van der Waals surface area contributed by atoms with Crippen LogP contribution in [0.2, 0.25) is 0 Å². The third-order valence-electron chi connectivity index (χ3n) is 1.60. The molecule has 3 nitrogen and oxygen atoms in total. The van der Waals surface area contributed by atoms with Crippen molar-refractivity contribution in [3.8, 4) is 0 Å². The number of ether oxygens (including phenoxy) is 1. The van der Waals surface area contributed by atoms with Crippen LogP contribution in [0.1, 0.15) is 39.0 Å². The van der Waals surface area contributed by atoms with Crippen molar-refractivity contribution in [2.75, 3.05) is 13.2 Å². The number of carbonyl (C=O) groups is 1. The van der Waals surface area contributed by atoms with Gasteiger partial charge in [-0.2, -0.15) is 0 Å². The monoisotopic (exact) mass is 173 g/mol. The van der Waals surface area contributed by atoms with Crippen LogP contribution in [0.5, 0.6) is 0 Å². The molecule has 0 aromatic rings. The molecule has 0 aromatic heterocycles. The number of carbonyl (C=O) groups excluding carboxylic acids is 1. The Morgan fingerprint density at radius 2 is 2.08 bits per heavy atom. The molecule has 0 aliphatic heterocycles. The number of nitrogens with two attached hydrogens (primary N) is 1. The second kappa shape index (κ2) is 8.53. The van der Waals surface area contributed by atoms with E-state index in [0.29, 0.717) is 19.6 Å². The van der Waals surface area contributed by atoms with Gasteiger partial charge in [0.15, 0.2) is 0 Å². The van der Waals surface area contributed by atoms with Gasteiger partial charge < -0.3 is 10.5 Å². The normalized spacial score (nSPS) is 9.83. The van der Waals surface area contributed by atoms with E-state index in [2.05, 4.69) is 6.92 Å². The fraction of sp³-hybridized carbons (Fsp3) is 0.889. The Morgan fingerprint density at radius 1 is 1.33 bits per heavy atom. The number of esters is 1. The fourth-order valence-electron chi connectivity index (χ4n) is 0.857. The molecule has 2 N–H and O–H groups in total. The molecule has 0 atom stereocenters. The molecule has 72 valence electrons. The molecule has 0 fully saturated rings. The zero-order valence-electron chi connectivity index (χ0n) is 7.84. The molecule has 0 aliphatic carbocycles. The summed E-state index contributed by atoms with van der Waals surface area (Å²) in [6.45, 7) is 3.25. The van der Waals surface area contributed by atoms with E-state index in [0.717, 1.165) is 25.7 Å². The number of unbranched alkanes of at least 4 members (excludes halogenated alkanes) is 2. The second-order valence-electron chi connectivity index (χ2n) is 2.82. The van der Waals surface area contributed by atoms with Crippen molar-refractivity contribution >= 4 is 5.97 Å². The minimum Gasteiger partial charge on any atom is -0.466 e. The predicted octanol–water partition coefficient (Wildman–Crippen LogP) is 1.46. The van der Waals surface area contributed by atoms with Crippen molar-refractivity contribution in [3.63, 3.8) is 0 Å². The van der Waals surface area contributed by atoms with E-state index in [4.69, 9.17) is 10.5 Å². The molecule has 0 unspecified atom stereocenters. The number of hydrogen-bond acceptors (Lipinski definition) is 3. The Morgan fingerprint density at radius 3 is 2.67 bits per heavy atom. The lowest BCUT2D eigenvalue weighted by atomic mass is 10.3. The summed E-state index contributed by atoms with van der Waals surface area (Å²) in [7, 11) is 0. The number of hydrogen-bond donors (Lipinski definition) is 1. The van der Waals surface area contributed by atoms with Gasteiger partial charge in [0.25, 0.3) is 0 Å². The van der Waals surface area contributed by atoms with Gasteiger partial charge in [0.1, 0.15) is 0 Å². The Balaban J connectivity index is 3.08. The molecule has 3 heteroatoms. The molecule has 0 amide bonds. The maximum absolute atomic E-state index is 10.9. The summed E-state index contributed by atoms with van der Waals surface area (Å²) in [6, 6.07) is 0. The molecule has 0 spiro atoms. The molecule has 0 radical (unpaired) electrons. The Labute approximate surface area is 74.3 Å². The molecule has 0 bridgehead atoms. The molecule has 12 heavy (non-hydrogen) atoms. The highest BCUT2D eigenvalue weighted by Gasteiger charge is 1.99. The lowest BCUT2D eigenvalue weighted by Crippen LogP contribution is -2.08. The first-order valence-electron chi connectivity index (χ1n) is 4.67. The molecule has 0 aromatic carbocycles. The lowest BCUT2D eigenvalue weighted by molar-refractivity contribution is -0.143. The largest absolute Gasteiger partial charge is 0.466 e. The standard InChI is InChI=1S/C9H19NO2/c1-2-3-4-8-12-9(11)6-5-7-10/h2-8,10H2,1H3. The lowest BCUT2D eigenvalue weighted by Gasteiger charge is -2.02. The summed E-state index contributed by atoms with van der Waals surface area (Å²) in [4.78, 5) is 10.9. The van der Waals surface area contributed by atoms with E-state index in [9.17, 15) is 4.79 Å².